The summed E-state index contributed by atoms with van der Waals surface area (Å²) in [4.78, 5) is 15.2. The highest BCUT2D eigenvalue weighted by Crippen LogP contribution is 2.22. The summed E-state index contributed by atoms with van der Waals surface area (Å²) in [5.74, 6) is -0.197. The van der Waals surface area contributed by atoms with E-state index in [4.69, 9.17) is 4.74 Å². The minimum atomic E-state index is -3.62. The first kappa shape index (κ1) is 23.9. The number of morpholine rings is 1. The van der Waals surface area contributed by atoms with Crippen molar-refractivity contribution in [1.29, 1.82) is 0 Å². The topological polar surface area (TPSA) is 79.0 Å². The number of fused-ring (bicyclic) bond motifs is 1. The highest BCUT2D eigenvalue weighted by molar-refractivity contribution is 7.89. The Kier molecular flexibility index (Phi) is 7.19. The lowest BCUT2D eigenvalue weighted by atomic mass is 9.99. The predicted molar refractivity (Wildman–Crippen MR) is 128 cm³/mol. The van der Waals surface area contributed by atoms with Crippen LogP contribution in [0.2, 0.25) is 0 Å². The van der Waals surface area contributed by atoms with Crippen molar-refractivity contribution in [2.24, 2.45) is 0 Å². The van der Waals surface area contributed by atoms with E-state index in [9.17, 15) is 13.2 Å². The van der Waals surface area contributed by atoms with Gasteiger partial charge in [-0.3, -0.25) is 9.69 Å². The highest BCUT2D eigenvalue weighted by atomic mass is 32.2. The van der Waals surface area contributed by atoms with Gasteiger partial charge in [0.15, 0.2) is 0 Å². The first-order valence-electron chi connectivity index (χ1n) is 11.6. The van der Waals surface area contributed by atoms with Gasteiger partial charge in [-0.25, -0.2) is 8.42 Å². The molecule has 0 bridgehead atoms. The van der Waals surface area contributed by atoms with Crippen molar-refractivity contribution in [2.75, 3.05) is 26.2 Å². The van der Waals surface area contributed by atoms with Gasteiger partial charge in [0.1, 0.15) is 0 Å². The van der Waals surface area contributed by atoms with Gasteiger partial charge >= 0.3 is 0 Å². The quantitative estimate of drug-likeness (QED) is 0.701. The molecule has 2 aromatic carbocycles. The van der Waals surface area contributed by atoms with Crippen molar-refractivity contribution in [2.45, 2.75) is 56.9 Å². The third kappa shape index (κ3) is 5.46. The fraction of sp³-hybridized carbons (Fsp3) is 0.480. The molecule has 33 heavy (non-hydrogen) atoms. The summed E-state index contributed by atoms with van der Waals surface area (Å²) in [5, 5.41) is 3.00. The minimum Gasteiger partial charge on any atom is -0.373 e. The maximum Gasteiger partial charge on any atom is 0.251 e. The zero-order valence-electron chi connectivity index (χ0n) is 19.5. The second-order valence-electron chi connectivity index (χ2n) is 9.15. The predicted octanol–water partition coefficient (Wildman–Crippen LogP) is 2.66. The Hall–Kier alpha value is -2.26. The Bertz CT molecular complexity index is 1080. The molecule has 0 saturated carbocycles. The van der Waals surface area contributed by atoms with Crippen LogP contribution in [0.25, 0.3) is 0 Å². The summed E-state index contributed by atoms with van der Waals surface area (Å²) >= 11 is 0. The van der Waals surface area contributed by atoms with Gasteiger partial charge in [-0.2, -0.15) is 4.31 Å². The average Bonchev–Trinajstić information content (AvgIpc) is 2.81. The molecule has 2 aliphatic heterocycles. The molecular formula is C25H33N3O4S. The maximum atomic E-state index is 13.0. The number of carbonyl (C=O) groups excluding carboxylic acids is 1. The van der Waals surface area contributed by atoms with Gasteiger partial charge < -0.3 is 10.1 Å². The van der Waals surface area contributed by atoms with E-state index in [2.05, 4.69) is 41.4 Å². The summed E-state index contributed by atoms with van der Waals surface area (Å²) in [6, 6.07) is 14.9. The molecule has 0 spiro atoms. The smallest absolute Gasteiger partial charge is 0.251 e. The van der Waals surface area contributed by atoms with Crippen molar-refractivity contribution in [3.8, 4) is 0 Å². The average molecular weight is 472 g/mol. The maximum absolute atomic E-state index is 13.0. The fourth-order valence-electron chi connectivity index (χ4n) is 4.62. The Morgan fingerprint density at radius 2 is 1.70 bits per heavy atom. The molecule has 178 valence electrons. The van der Waals surface area contributed by atoms with Gasteiger partial charge in [0.25, 0.3) is 5.91 Å². The number of ether oxygens (including phenoxy) is 1. The van der Waals surface area contributed by atoms with Crippen LogP contribution in [0.3, 0.4) is 0 Å². The molecular weight excluding hydrogens is 438 g/mol. The molecule has 0 aromatic heterocycles. The van der Waals surface area contributed by atoms with Crippen LogP contribution in [-0.4, -0.2) is 68.0 Å². The number of hydrogen-bond acceptors (Lipinski definition) is 5. The van der Waals surface area contributed by atoms with Gasteiger partial charge in [0, 0.05) is 44.3 Å². The summed E-state index contributed by atoms with van der Waals surface area (Å²) < 4.78 is 33.1. The molecule has 2 heterocycles. The van der Waals surface area contributed by atoms with Gasteiger partial charge in [-0.05, 0) is 62.6 Å². The van der Waals surface area contributed by atoms with Crippen molar-refractivity contribution >= 4 is 15.9 Å². The number of nitrogens with zero attached hydrogens (tertiary/aromatic N) is 2. The number of carbonyl (C=O) groups is 1. The van der Waals surface area contributed by atoms with Crippen LogP contribution < -0.4 is 5.32 Å². The zero-order chi connectivity index (χ0) is 23.6. The molecule has 1 N–H and O–H groups in total. The van der Waals surface area contributed by atoms with E-state index >= 15 is 0 Å². The molecule has 7 nitrogen and oxygen atoms in total. The third-order valence-corrected chi connectivity index (χ3v) is 8.33. The number of nitrogens with one attached hydrogen (secondary N) is 1. The van der Waals surface area contributed by atoms with E-state index in [1.807, 2.05) is 13.8 Å². The van der Waals surface area contributed by atoms with Crippen LogP contribution in [0.15, 0.2) is 53.4 Å². The normalized spacial score (nSPS) is 23.0. The summed E-state index contributed by atoms with van der Waals surface area (Å²) in [7, 11) is -3.62. The molecule has 1 fully saturated rings. The van der Waals surface area contributed by atoms with Crippen LogP contribution in [0, 0.1) is 0 Å². The largest absolute Gasteiger partial charge is 0.373 e. The lowest BCUT2D eigenvalue weighted by Crippen LogP contribution is -2.48. The van der Waals surface area contributed by atoms with Crippen LogP contribution in [0.5, 0.6) is 0 Å². The summed E-state index contributed by atoms with van der Waals surface area (Å²) in [5.41, 5.74) is 3.21. The van der Waals surface area contributed by atoms with Crippen molar-refractivity contribution in [3.63, 3.8) is 0 Å². The Balaban J connectivity index is 1.34. The van der Waals surface area contributed by atoms with E-state index in [0.29, 0.717) is 25.2 Å². The van der Waals surface area contributed by atoms with E-state index in [-0.39, 0.29) is 29.1 Å². The van der Waals surface area contributed by atoms with Crippen molar-refractivity contribution < 1.29 is 17.9 Å². The molecule has 0 radical (unpaired) electrons. The molecule has 2 aromatic rings. The van der Waals surface area contributed by atoms with Gasteiger partial charge in [-0.15, -0.1) is 0 Å². The van der Waals surface area contributed by atoms with Crippen molar-refractivity contribution in [1.82, 2.24) is 14.5 Å². The minimum absolute atomic E-state index is 0.149. The second-order valence-corrected chi connectivity index (χ2v) is 11.1. The number of hydrogen-bond donors (Lipinski definition) is 1. The first-order valence-corrected chi connectivity index (χ1v) is 13.0. The van der Waals surface area contributed by atoms with E-state index in [0.717, 1.165) is 19.5 Å². The Morgan fingerprint density at radius 3 is 2.36 bits per heavy atom. The first-order chi connectivity index (χ1) is 15.7. The number of sulfonamides is 1. The van der Waals surface area contributed by atoms with E-state index < -0.39 is 10.0 Å². The zero-order valence-corrected chi connectivity index (χ0v) is 20.3. The lowest BCUT2D eigenvalue weighted by Gasteiger charge is -2.34. The molecule has 0 aliphatic carbocycles. The molecule has 8 heteroatoms. The lowest BCUT2D eigenvalue weighted by molar-refractivity contribution is -0.0440. The molecule has 4 rings (SSSR count). The van der Waals surface area contributed by atoms with E-state index in [1.54, 1.807) is 12.1 Å². The summed E-state index contributed by atoms with van der Waals surface area (Å²) in [6.07, 6.45) is 0.721. The van der Waals surface area contributed by atoms with Gasteiger partial charge in [0.2, 0.25) is 10.0 Å². The van der Waals surface area contributed by atoms with Crippen LogP contribution in [0.1, 0.15) is 42.3 Å². The number of rotatable bonds is 6. The molecule has 2 aliphatic rings. The third-order valence-electron chi connectivity index (χ3n) is 6.48. The monoisotopic (exact) mass is 471 g/mol. The second kappa shape index (κ2) is 9.93. The van der Waals surface area contributed by atoms with Gasteiger partial charge in [-0.1, -0.05) is 24.3 Å². The molecule has 3 atom stereocenters. The van der Waals surface area contributed by atoms with Crippen molar-refractivity contribution in [3.05, 3.63) is 65.2 Å². The molecule has 1 amide bonds. The van der Waals surface area contributed by atoms with Crippen LogP contribution in [-0.2, 0) is 27.7 Å². The van der Waals surface area contributed by atoms with Gasteiger partial charge in [0.05, 0.1) is 17.1 Å². The fourth-order valence-corrected chi connectivity index (χ4v) is 6.21. The number of amides is 1. The van der Waals surface area contributed by atoms with Crippen LogP contribution in [0.4, 0.5) is 0 Å². The molecule has 3 unspecified atom stereocenters. The standard InChI is InChI=1S/C25H33N3O4S/c1-18(27-13-12-21-6-4-5-7-23(21)17-27)14-26-25(29)22-8-10-24(11-9-22)33(30,31)28-15-19(2)32-20(3)16-28/h4-11,18-20H,12-17H2,1-3H3,(H,26,29). The Morgan fingerprint density at radius 1 is 1.06 bits per heavy atom. The van der Waals surface area contributed by atoms with E-state index in [1.165, 1.54) is 27.6 Å². The molecule has 1 saturated heterocycles. The number of benzene rings is 2. The SMILES string of the molecule is CC1CN(S(=O)(=O)c2ccc(C(=O)NCC(C)N3CCc4ccccc4C3)cc2)CC(C)O1. The Labute approximate surface area is 196 Å². The van der Waals surface area contributed by atoms with Crippen LogP contribution >= 0.6 is 0 Å². The summed E-state index contributed by atoms with van der Waals surface area (Å²) in [6.45, 7) is 8.91. The highest BCUT2D eigenvalue weighted by Gasteiger charge is 2.32.